The molecule has 0 amide bonds. The molecule has 6 nitrogen and oxygen atoms in total. The van der Waals surface area contributed by atoms with Crippen LogP contribution in [0.1, 0.15) is 20.3 Å². The summed E-state index contributed by atoms with van der Waals surface area (Å²) in [6, 6.07) is 0. The van der Waals surface area contributed by atoms with E-state index in [1.807, 2.05) is 0 Å². The van der Waals surface area contributed by atoms with E-state index in [9.17, 15) is 0 Å². The Balaban J connectivity index is 0. The van der Waals surface area contributed by atoms with Crippen LogP contribution in [0.25, 0.3) is 0 Å². The summed E-state index contributed by atoms with van der Waals surface area (Å²) in [5.74, 6) is 0. The molecule has 1 heterocycles. The molecule has 14 heavy (non-hydrogen) atoms. The number of rotatable bonds is 0. The first-order valence-corrected chi connectivity index (χ1v) is 5.79. The van der Waals surface area contributed by atoms with E-state index < -0.39 is 10.4 Å². The second-order valence-electron chi connectivity index (χ2n) is 2.52. The molecule has 0 bridgehead atoms. The summed E-state index contributed by atoms with van der Waals surface area (Å²) < 4.78 is 36.6. The molecule has 7 heteroatoms. The Hall–Kier alpha value is -0.210. The first kappa shape index (κ1) is 16.2. The Labute approximate surface area is 85.2 Å². The molecule has 0 radical (unpaired) electrons. The van der Waals surface area contributed by atoms with Crippen LogP contribution in [0.3, 0.4) is 0 Å². The van der Waals surface area contributed by atoms with Crippen molar-refractivity contribution < 1.29 is 22.3 Å². The van der Waals surface area contributed by atoms with Crippen molar-refractivity contribution in [3.63, 3.8) is 0 Å². The smallest absolute Gasteiger partial charge is 0.379 e. The average molecular weight is 229 g/mol. The maximum absolute atomic E-state index is 8.74. The van der Waals surface area contributed by atoms with Gasteiger partial charge in [-0.25, -0.2) is 0 Å². The molecule has 0 unspecified atom stereocenters. The lowest BCUT2D eigenvalue weighted by atomic mass is 10.5. The summed E-state index contributed by atoms with van der Waals surface area (Å²) in [6.07, 6.45) is 1.25. The molecule has 1 aliphatic rings. The van der Waals surface area contributed by atoms with Crippen molar-refractivity contribution in [3.8, 4) is 0 Å². The van der Waals surface area contributed by atoms with E-state index in [0.717, 1.165) is 26.3 Å². The number of nitrogens with one attached hydrogen (secondary N) is 1. The molecule has 88 valence electrons. The SMILES string of the molecule is C1COCCN1.CCC.O=S(=O)(O)O. The Morgan fingerprint density at radius 1 is 1.21 bits per heavy atom. The summed E-state index contributed by atoms with van der Waals surface area (Å²) in [5, 5.41) is 3.16. The van der Waals surface area contributed by atoms with Crippen LogP contribution in [-0.4, -0.2) is 43.8 Å². The fourth-order valence-corrected chi connectivity index (χ4v) is 0.516. The van der Waals surface area contributed by atoms with Crippen LogP contribution in [0.5, 0.6) is 0 Å². The van der Waals surface area contributed by atoms with Gasteiger partial charge < -0.3 is 10.1 Å². The highest BCUT2D eigenvalue weighted by atomic mass is 32.3. The van der Waals surface area contributed by atoms with Crippen LogP contribution in [0.4, 0.5) is 0 Å². The molecule has 0 aromatic heterocycles. The molecule has 0 atom stereocenters. The first-order chi connectivity index (χ1) is 6.41. The molecular weight excluding hydrogens is 210 g/mol. The summed E-state index contributed by atoms with van der Waals surface area (Å²) >= 11 is 0. The minimum atomic E-state index is -4.67. The van der Waals surface area contributed by atoms with Crippen LogP contribution in [0.15, 0.2) is 0 Å². The molecule has 3 N–H and O–H groups in total. The summed E-state index contributed by atoms with van der Waals surface area (Å²) in [6.45, 7) is 8.08. The van der Waals surface area contributed by atoms with Gasteiger partial charge in [0.15, 0.2) is 0 Å². The zero-order valence-corrected chi connectivity index (χ0v) is 9.38. The third-order valence-corrected chi connectivity index (χ3v) is 0.846. The number of hydrogen-bond acceptors (Lipinski definition) is 4. The van der Waals surface area contributed by atoms with Crippen LogP contribution >= 0.6 is 0 Å². The molecule has 1 aliphatic heterocycles. The minimum Gasteiger partial charge on any atom is -0.379 e. The Morgan fingerprint density at radius 3 is 1.57 bits per heavy atom. The highest BCUT2D eigenvalue weighted by Gasteiger charge is 1.92. The molecule has 0 saturated carbocycles. The van der Waals surface area contributed by atoms with E-state index >= 15 is 0 Å². The van der Waals surface area contributed by atoms with Crippen molar-refractivity contribution in [1.82, 2.24) is 5.32 Å². The van der Waals surface area contributed by atoms with Crippen molar-refractivity contribution in [1.29, 1.82) is 0 Å². The Bertz CT molecular complexity index is 169. The van der Waals surface area contributed by atoms with Crippen molar-refractivity contribution in [2.24, 2.45) is 0 Å². The highest BCUT2D eigenvalue weighted by Crippen LogP contribution is 1.76. The standard InChI is InChI=1S/C4H9NO.C3H8.H2O4S/c1-3-6-4-2-5-1;1-3-2;1-5(2,3)4/h5H,1-4H2;3H2,1-2H3;(H2,1,2,3,4). The highest BCUT2D eigenvalue weighted by molar-refractivity contribution is 7.79. The van der Waals surface area contributed by atoms with Gasteiger partial charge in [-0.15, -0.1) is 0 Å². The van der Waals surface area contributed by atoms with E-state index in [0.29, 0.717) is 0 Å². The minimum absolute atomic E-state index is 0.889. The van der Waals surface area contributed by atoms with Gasteiger partial charge in [-0.2, -0.15) is 8.42 Å². The van der Waals surface area contributed by atoms with Crippen molar-refractivity contribution in [2.75, 3.05) is 26.3 Å². The summed E-state index contributed by atoms with van der Waals surface area (Å²) in [5.41, 5.74) is 0. The van der Waals surface area contributed by atoms with Gasteiger partial charge in [-0.05, 0) is 0 Å². The number of hydrogen-bond donors (Lipinski definition) is 3. The van der Waals surface area contributed by atoms with Gasteiger partial charge in [0.2, 0.25) is 0 Å². The second-order valence-corrected chi connectivity index (χ2v) is 3.41. The summed E-state index contributed by atoms with van der Waals surface area (Å²) in [7, 11) is -4.67. The first-order valence-electron chi connectivity index (χ1n) is 4.40. The zero-order valence-electron chi connectivity index (χ0n) is 8.56. The maximum Gasteiger partial charge on any atom is 0.394 e. The molecular formula is C7H19NO5S. The lowest BCUT2D eigenvalue weighted by molar-refractivity contribution is 0.109. The van der Waals surface area contributed by atoms with Crippen LogP contribution in [-0.2, 0) is 15.1 Å². The third kappa shape index (κ3) is 40.9. The fourth-order valence-electron chi connectivity index (χ4n) is 0.516. The molecule has 0 spiro atoms. The quantitative estimate of drug-likeness (QED) is 0.519. The van der Waals surface area contributed by atoms with Crippen LogP contribution < -0.4 is 5.32 Å². The normalized spacial score (nSPS) is 15.7. The average Bonchev–Trinajstić information content (AvgIpc) is 2.06. The van der Waals surface area contributed by atoms with Crippen molar-refractivity contribution in [2.45, 2.75) is 20.3 Å². The topological polar surface area (TPSA) is 95.9 Å². The maximum atomic E-state index is 8.74. The Morgan fingerprint density at radius 2 is 1.50 bits per heavy atom. The van der Waals surface area contributed by atoms with Gasteiger partial charge in [0, 0.05) is 13.1 Å². The molecule has 1 fully saturated rings. The van der Waals surface area contributed by atoms with E-state index in [2.05, 4.69) is 19.2 Å². The molecule has 0 aromatic rings. The molecule has 1 rings (SSSR count). The lowest BCUT2D eigenvalue weighted by Crippen LogP contribution is -2.30. The van der Waals surface area contributed by atoms with Gasteiger partial charge in [0.25, 0.3) is 0 Å². The Kier molecular flexibility index (Phi) is 12.6. The van der Waals surface area contributed by atoms with E-state index in [1.165, 1.54) is 6.42 Å². The largest absolute Gasteiger partial charge is 0.394 e. The number of ether oxygens (including phenoxy) is 1. The van der Waals surface area contributed by atoms with Crippen LogP contribution in [0, 0.1) is 0 Å². The van der Waals surface area contributed by atoms with Gasteiger partial charge in [0.1, 0.15) is 0 Å². The van der Waals surface area contributed by atoms with Crippen LogP contribution in [0.2, 0.25) is 0 Å². The van der Waals surface area contributed by atoms with E-state index in [-0.39, 0.29) is 0 Å². The van der Waals surface area contributed by atoms with Gasteiger partial charge in [0.05, 0.1) is 13.2 Å². The zero-order chi connectivity index (χ0) is 11.4. The van der Waals surface area contributed by atoms with Gasteiger partial charge in [-0.3, -0.25) is 9.11 Å². The second kappa shape index (κ2) is 10.9. The van der Waals surface area contributed by atoms with Crippen molar-refractivity contribution in [3.05, 3.63) is 0 Å². The molecule has 1 saturated heterocycles. The predicted octanol–water partition coefficient (Wildman–Crippen LogP) is 0.370. The van der Waals surface area contributed by atoms with E-state index in [4.69, 9.17) is 22.3 Å². The van der Waals surface area contributed by atoms with E-state index in [1.54, 1.807) is 0 Å². The summed E-state index contributed by atoms with van der Waals surface area (Å²) in [4.78, 5) is 0. The van der Waals surface area contributed by atoms with Crippen molar-refractivity contribution >= 4 is 10.4 Å². The molecule has 0 aromatic carbocycles. The molecule has 0 aliphatic carbocycles. The van der Waals surface area contributed by atoms with Gasteiger partial charge >= 0.3 is 10.4 Å². The van der Waals surface area contributed by atoms with Gasteiger partial charge in [-0.1, -0.05) is 20.3 Å². The fraction of sp³-hybridized carbons (Fsp3) is 1.00. The lowest BCUT2D eigenvalue weighted by Gasteiger charge is -2.10. The number of morpholine rings is 1. The monoisotopic (exact) mass is 229 g/mol. The third-order valence-electron chi connectivity index (χ3n) is 0.846. The predicted molar refractivity (Wildman–Crippen MR) is 53.8 cm³/mol.